The lowest BCUT2D eigenvalue weighted by atomic mass is 10.0. The van der Waals surface area contributed by atoms with Gasteiger partial charge >= 0.3 is 0 Å². The van der Waals surface area contributed by atoms with Crippen molar-refractivity contribution in [2.24, 2.45) is 0 Å². The third-order valence-electron chi connectivity index (χ3n) is 5.41. The number of rotatable bonds is 5. The van der Waals surface area contributed by atoms with E-state index in [2.05, 4.69) is 48.3 Å². The average Bonchev–Trinajstić information content (AvgIpc) is 2.78. The van der Waals surface area contributed by atoms with Gasteiger partial charge in [0.1, 0.15) is 11.4 Å². The fourth-order valence-corrected chi connectivity index (χ4v) is 4.48. The topological polar surface area (TPSA) is 68.2 Å². The van der Waals surface area contributed by atoms with E-state index in [-0.39, 0.29) is 23.9 Å². The Labute approximate surface area is 193 Å². The maximum absolute atomic E-state index is 12.7. The number of morpholine rings is 1. The number of amides is 1. The van der Waals surface area contributed by atoms with Crippen LogP contribution in [0, 0.1) is 13.8 Å². The monoisotopic (exact) mass is 448 g/mol. The second kappa shape index (κ2) is 9.79. The van der Waals surface area contributed by atoms with E-state index in [4.69, 9.17) is 9.72 Å². The van der Waals surface area contributed by atoms with E-state index in [1.165, 1.54) is 22.9 Å². The number of ether oxygens (including phenoxy) is 1. The van der Waals surface area contributed by atoms with Crippen molar-refractivity contribution in [2.75, 3.05) is 18.8 Å². The zero-order valence-electron chi connectivity index (χ0n) is 18.9. The van der Waals surface area contributed by atoms with E-state index in [1.54, 1.807) is 0 Å². The lowest BCUT2D eigenvalue weighted by Crippen LogP contribution is -2.48. The maximum atomic E-state index is 12.7. The number of nitrogens with zero attached hydrogens (tertiary/aromatic N) is 4. The fourth-order valence-electron chi connectivity index (χ4n) is 3.79. The number of benzene rings is 2. The molecule has 1 aromatic heterocycles. The molecule has 32 heavy (non-hydrogen) atoms. The van der Waals surface area contributed by atoms with Gasteiger partial charge < -0.3 is 9.64 Å². The Morgan fingerprint density at radius 1 is 0.906 bits per heavy atom. The number of aromatic nitrogens is 3. The van der Waals surface area contributed by atoms with Crippen LogP contribution in [0.5, 0.6) is 0 Å². The standard InChI is InChI=1S/C25H28N4O2S/c1-16-5-9-20(10-6-16)23-24(21-11-7-17(2)8-12-21)27-28-25(26-23)32-15-22(30)29-13-18(3)31-19(4)14-29/h5-12,18-19H,13-15H2,1-4H3/t18-,19+. The second-order valence-electron chi connectivity index (χ2n) is 8.37. The van der Waals surface area contributed by atoms with Gasteiger partial charge in [0, 0.05) is 24.2 Å². The van der Waals surface area contributed by atoms with Gasteiger partial charge in [-0.2, -0.15) is 0 Å². The Hall–Kier alpha value is -2.77. The zero-order valence-corrected chi connectivity index (χ0v) is 19.7. The second-order valence-corrected chi connectivity index (χ2v) is 9.31. The zero-order chi connectivity index (χ0) is 22.7. The van der Waals surface area contributed by atoms with Crippen LogP contribution in [-0.4, -0.2) is 57.0 Å². The quantitative estimate of drug-likeness (QED) is 0.534. The average molecular weight is 449 g/mol. The molecule has 0 N–H and O–H groups in total. The van der Waals surface area contributed by atoms with Crippen LogP contribution in [-0.2, 0) is 9.53 Å². The molecule has 0 spiro atoms. The Bertz CT molecular complexity index is 1080. The molecule has 0 saturated carbocycles. The molecular weight excluding hydrogens is 420 g/mol. The number of carbonyl (C=O) groups excluding carboxylic acids is 1. The summed E-state index contributed by atoms with van der Waals surface area (Å²) in [5, 5.41) is 9.35. The first-order valence-electron chi connectivity index (χ1n) is 10.8. The van der Waals surface area contributed by atoms with Crippen LogP contribution in [0.4, 0.5) is 0 Å². The molecule has 166 valence electrons. The minimum Gasteiger partial charge on any atom is -0.372 e. The summed E-state index contributed by atoms with van der Waals surface area (Å²) >= 11 is 1.33. The van der Waals surface area contributed by atoms with Gasteiger partial charge in [-0.1, -0.05) is 71.4 Å². The molecule has 0 radical (unpaired) electrons. The van der Waals surface area contributed by atoms with Crippen molar-refractivity contribution in [3.05, 3.63) is 59.7 Å². The van der Waals surface area contributed by atoms with Gasteiger partial charge in [-0.3, -0.25) is 4.79 Å². The molecule has 6 nitrogen and oxygen atoms in total. The van der Waals surface area contributed by atoms with Crippen molar-refractivity contribution in [3.63, 3.8) is 0 Å². The van der Waals surface area contributed by atoms with Crippen molar-refractivity contribution < 1.29 is 9.53 Å². The maximum Gasteiger partial charge on any atom is 0.233 e. The summed E-state index contributed by atoms with van der Waals surface area (Å²) in [4.78, 5) is 19.4. The number of hydrogen-bond acceptors (Lipinski definition) is 6. The summed E-state index contributed by atoms with van der Waals surface area (Å²) in [5.74, 6) is 0.346. The first-order valence-corrected chi connectivity index (χ1v) is 11.8. The summed E-state index contributed by atoms with van der Waals surface area (Å²) in [6.45, 7) is 9.33. The smallest absolute Gasteiger partial charge is 0.233 e. The number of carbonyl (C=O) groups is 1. The summed E-state index contributed by atoms with van der Waals surface area (Å²) in [5.41, 5.74) is 5.82. The molecular formula is C25H28N4O2S. The van der Waals surface area contributed by atoms with Crippen molar-refractivity contribution >= 4 is 17.7 Å². The van der Waals surface area contributed by atoms with Gasteiger partial charge in [-0.25, -0.2) is 4.98 Å². The van der Waals surface area contributed by atoms with Crippen LogP contribution < -0.4 is 0 Å². The summed E-state index contributed by atoms with van der Waals surface area (Å²) in [6, 6.07) is 16.4. The van der Waals surface area contributed by atoms with Crippen molar-refractivity contribution in [3.8, 4) is 22.5 Å². The van der Waals surface area contributed by atoms with Crippen LogP contribution in [0.2, 0.25) is 0 Å². The number of aryl methyl sites for hydroxylation is 2. The molecule has 2 aromatic carbocycles. The van der Waals surface area contributed by atoms with Gasteiger partial charge in [0.05, 0.1) is 18.0 Å². The van der Waals surface area contributed by atoms with Gasteiger partial charge in [-0.05, 0) is 27.7 Å². The predicted octanol–water partition coefficient (Wildman–Crippen LogP) is 4.55. The Balaban J connectivity index is 1.58. The fraction of sp³-hybridized carbons (Fsp3) is 0.360. The van der Waals surface area contributed by atoms with Gasteiger partial charge in [0.25, 0.3) is 0 Å². The molecule has 1 fully saturated rings. The van der Waals surface area contributed by atoms with E-state index in [0.29, 0.717) is 18.2 Å². The molecule has 3 aromatic rings. The molecule has 2 heterocycles. The first-order chi connectivity index (χ1) is 15.4. The third-order valence-corrected chi connectivity index (χ3v) is 6.24. The normalized spacial score (nSPS) is 18.6. The van der Waals surface area contributed by atoms with E-state index >= 15 is 0 Å². The highest BCUT2D eigenvalue weighted by molar-refractivity contribution is 7.99. The van der Waals surface area contributed by atoms with E-state index in [9.17, 15) is 4.79 Å². The molecule has 1 amide bonds. The van der Waals surface area contributed by atoms with Crippen molar-refractivity contribution in [1.29, 1.82) is 0 Å². The molecule has 1 aliphatic rings. The third kappa shape index (κ3) is 5.34. The molecule has 7 heteroatoms. The lowest BCUT2D eigenvalue weighted by Gasteiger charge is -2.35. The number of thioether (sulfide) groups is 1. The molecule has 2 atom stereocenters. The molecule has 0 unspecified atom stereocenters. The molecule has 0 bridgehead atoms. The van der Waals surface area contributed by atoms with Crippen LogP contribution in [0.1, 0.15) is 25.0 Å². The van der Waals surface area contributed by atoms with Crippen LogP contribution in [0.25, 0.3) is 22.5 Å². The minimum absolute atomic E-state index is 0.0487. The predicted molar refractivity (Wildman–Crippen MR) is 127 cm³/mol. The van der Waals surface area contributed by atoms with Crippen LogP contribution in [0.15, 0.2) is 53.7 Å². The summed E-state index contributed by atoms with van der Waals surface area (Å²) in [7, 11) is 0. The Morgan fingerprint density at radius 3 is 2.00 bits per heavy atom. The van der Waals surface area contributed by atoms with Crippen molar-refractivity contribution in [2.45, 2.75) is 45.1 Å². The highest BCUT2D eigenvalue weighted by atomic mass is 32.2. The summed E-state index contributed by atoms with van der Waals surface area (Å²) < 4.78 is 5.73. The SMILES string of the molecule is Cc1ccc(-c2nnc(SCC(=O)N3C[C@@H](C)O[C@@H](C)C3)nc2-c2ccc(C)cc2)cc1. The molecule has 4 rings (SSSR count). The first kappa shape index (κ1) is 22.4. The van der Waals surface area contributed by atoms with Crippen LogP contribution >= 0.6 is 11.8 Å². The molecule has 1 aliphatic heterocycles. The molecule has 1 saturated heterocycles. The van der Waals surface area contributed by atoms with Gasteiger partial charge in [0.15, 0.2) is 0 Å². The van der Waals surface area contributed by atoms with Gasteiger partial charge in [-0.15, -0.1) is 10.2 Å². The number of hydrogen-bond donors (Lipinski definition) is 0. The molecule has 0 aliphatic carbocycles. The highest BCUT2D eigenvalue weighted by Gasteiger charge is 2.26. The Morgan fingerprint density at radius 2 is 1.44 bits per heavy atom. The minimum atomic E-state index is 0.0487. The largest absolute Gasteiger partial charge is 0.372 e. The lowest BCUT2D eigenvalue weighted by molar-refractivity contribution is -0.140. The van der Waals surface area contributed by atoms with E-state index < -0.39 is 0 Å². The summed E-state index contributed by atoms with van der Waals surface area (Å²) in [6.07, 6.45) is 0.0973. The van der Waals surface area contributed by atoms with E-state index in [0.717, 1.165) is 22.5 Å². The van der Waals surface area contributed by atoms with Gasteiger partial charge in [0.2, 0.25) is 11.1 Å². The van der Waals surface area contributed by atoms with E-state index in [1.807, 2.05) is 43.0 Å². The van der Waals surface area contributed by atoms with Crippen molar-refractivity contribution in [1.82, 2.24) is 20.1 Å². The Kier molecular flexibility index (Phi) is 6.86. The highest BCUT2D eigenvalue weighted by Crippen LogP contribution is 2.30. The van der Waals surface area contributed by atoms with Crippen LogP contribution in [0.3, 0.4) is 0 Å².